The van der Waals surface area contributed by atoms with Crippen molar-refractivity contribution in [3.63, 3.8) is 0 Å². The smallest absolute Gasteiger partial charge is 0.127 e. The first-order valence-electron chi connectivity index (χ1n) is 10.9. The number of piperidine rings is 1. The molecule has 2 aliphatic heterocycles. The minimum Gasteiger partial charge on any atom is -0.303 e. The average Bonchev–Trinajstić information content (AvgIpc) is 3.21. The molecule has 2 saturated heterocycles. The van der Waals surface area contributed by atoms with Crippen LogP contribution in [-0.4, -0.2) is 52.1 Å². The quantitative estimate of drug-likeness (QED) is 0.780. The van der Waals surface area contributed by atoms with E-state index in [9.17, 15) is 0 Å². The molecular formula is C24H36N4. The molecule has 4 heteroatoms. The van der Waals surface area contributed by atoms with Crippen LogP contribution in [-0.2, 0) is 6.54 Å². The third-order valence-corrected chi connectivity index (χ3v) is 6.32. The predicted molar refractivity (Wildman–Crippen MR) is 116 cm³/mol. The number of rotatable bonds is 4. The Kier molecular flexibility index (Phi) is 5.36. The summed E-state index contributed by atoms with van der Waals surface area (Å²) < 4.78 is 2.25. The average molecular weight is 381 g/mol. The second-order valence-corrected chi connectivity index (χ2v) is 10.4. The molecule has 4 nitrogen and oxygen atoms in total. The largest absolute Gasteiger partial charge is 0.303 e. The summed E-state index contributed by atoms with van der Waals surface area (Å²) in [5.41, 5.74) is 3.38. The van der Waals surface area contributed by atoms with Gasteiger partial charge in [-0.05, 0) is 67.8 Å². The van der Waals surface area contributed by atoms with Gasteiger partial charge in [0.25, 0.3) is 0 Å². The van der Waals surface area contributed by atoms with Crippen molar-refractivity contribution in [2.24, 2.45) is 10.8 Å². The Morgan fingerprint density at radius 1 is 1.07 bits per heavy atom. The molecule has 0 N–H and O–H groups in total. The van der Waals surface area contributed by atoms with Gasteiger partial charge in [0.05, 0.1) is 6.54 Å². The Hall–Kier alpha value is -1.65. The monoisotopic (exact) mass is 380 g/mol. The van der Waals surface area contributed by atoms with Gasteiger partial charge in [-0.3, -0.25) is 4.90 Å². The van der Waals surface area contributed by atoms with Crippen molar-refractivity contribution < 1.29 is 0 Å². The van der Waals surface area contributed by atoms with Gasteiger partial charge in [-0.1, -0.05) is 32.9 Å². The van der Waals surface area contributed by atoms with E-state index in [1.54, 1.807) is 0 Å². The Morgan fingerprint density at radius 3 is 2.68 bits per heavy atom. The molecule has 0 saturated carbocycles. The highest BCUT2D eigenvalue weighted by atomic mass is 15.2. The van der Waals surface area contributed by atoms with Crippen LogP contribution >= 0.6 is 0 Å². The number of aryl methyl sites for hydroxylation is 1. The Balaban J connectivity index is 1.43. The van der Waals surface area contributed by atoms with Crippen LogP contribution in [0.2, 0.25) is 0 Å². The first-order valence-corrected chi connectivity index (χ1v) is 10.9. The van der Waals surface area contributed by atoms with Gasteiger partial charge >= 0.3 is 0 Å². The molecule has 2 aliphatic rings. The molecule has 152 valence electrons. The molecule has 0 radical (unpaired) electrons. The molecule has 1 unspecified atom stereocenters. The van der Waals surface area contributed by atoms with Crippen LogP contribution in [0.25, 0.3) is 5.69 Å². The summed E-state index contributed by atoms with van der Waals surface area (Å²) in [6.45, 7) is 16.4. The molecule has 1 atom stereocenters. The molecule has 1 aromatic carbocycles. The molecule has 0 aliphatic carbocycles. The molecule has 3 heterocycles. The van der Waals surface area contributed by atoms with Crippen molar-refractivity contribution in [1.82, 2.24) is 19.4 Å². The van der Waals surface area contributed by atoms with Crippen molar-refractivity contribution in [3.8, 4) is 5.69 Å². The lowest BCUT2D eigenvalue weighted by molar-refractivity contribution is 0.0670. The molecule has 28 heavy (non-hydrogen) atoms. The number of benzene rings is 1. The van der Waals surface area contributed by atoms with E-state index in [2.05, 4.69) is 72.5 Å². The number of aromatic nitrogens is 2. The zero-order valence-electron chi connectivity index (χ0n) is 18.1. The SMILES string of the molecule is Cc1cccc(-n2ccnc2CN2CCC3(CCCN(CC(C)(C)C)C3)C2)c1. The Labute approximate surface area is 170 Å². The maximum absolute atomic E-state index is 4.69. The van der Waals surface area contributed by atoms with Gasteiger partial charge in [0.2, 0.25) is 0 Å². The summed E-state index contributed by atoms with van der Waals surface area (Å²) in [4.78, 5) is 10.1. The number of hydrogen-bond acceptors (Lipinski definition) is 3. The van der Waals surface area contributed by atoms with Gasteiger partial charge in [0.1, 0.15) is 5.82 Å². The normalized spacial score (nSPS) is 24.3. The van der Waals surface area contributed by atoms with Crippen LogP contribution in [0.4, 0.5) is 0 Å². The van der Waals surface area contributed by atoms with Crippen molar-refractivity contribution in [2.45, 2.75) is 53.5 Å². The van der Waals surface area contributed by atoms with Gasteiger partial charge in [0, 0.05) is 37.7 Å². The lowest BCUT2D eigenvalue weighted by atomic mass is 9.78. The minimum absolute atomic E-state index is 0.384. The summed E-state index contributed by atoms with van der Waals surface area (Å²) in [6, 6.07) is 8.69. The molecule has 1 aromatic heterocycles. The molecule has 2 fully saturated rings. The van der Waals surface area contributed by atoms with E-state index in [0.29, 0.717) is 10.8 Å². The fourth-order valence-electron chi connectivity index (χ4n) is 5.28. The van der Waals surface area contributed by atoms with Crippen LogP contribution in [0.1, 0.15) is 51.4 Å². The maximum atomic E-state index is 4.69. The highest BCUT2D eigenvalue weighted by molar-refractivity contribution is 5.36. The summed E-state index contributed by atoms with van der Waals surface area (Å²) in [5.74, 6) is 1.16. The standard InChI is InChI=1S/C24H36N4/c1-20-7-5-8-21(15-20)28-14-11-25-22(28)16-26-13-10-24(18-26)9-6-12-27(19-24)17-23(2,3)4/h5,7-8,11,14-15H,6,9-10,12-13,16-19H2,1-4H3. The maximum Gasteiger partial charge on any atom is 0.127 e. The highest BCUT2D eigenvalue weighted by Crippen LogP contribution is 2.40. The second-order valence-electron chi connectivity index (χ2n) is 10.4. The Bertz CT molecular complexity index is 803. The minimum atomic E-state index is 0.384. The zero-order valence-corrected chi connectivity index (χ0v) is 18.1. The van der Waals surface area contributed by atoms with Crippen molar-refractivity contribution >= 4 is 0 Å². The first kappa shape index (κ1) is 19.7. The third-order valence-electron chi connectivity index (χ3n) is 6.32. The third kappa shape index (κ3) is 4.49. The molecule has 4 rings (SSSR count). The van der Waals surface area contributed by atoms with E-state index in [4.69, 9.17) is 4.98 Å². The van der Waals surface area contributed by atoms with Crippen molar-refractivity contribution in [3.05, 3.63) is 48.0 Å². The van der Waals surface area contributed by atoms with E-state index >= 15 is 0 Å². The van der Waals surface area contributed by atoms with Crippen LogP contribution in [0, 0.1) is 17.8 Å². The number of likely N-dealkylation sites (tertiary alicyclic amines) is 2. The zero-order chi connectivity index (χ0) is 19.8. The first-order chi connectivity index (χ1) is 13.3. The van der Waals surface area contributed by atoms with Gasteiger partial charge in [-0.2, -0.15) is 0 Å². The summed E-state index contributed by atoms with van der Waals surface area (Å²) in [6.07, 6.45) is 8.11. The van der Waals surface area contributed by atoms with Gasteiger partial charge in [-0.15, -0.1) is 0 Å². The van der Waals surface area contributed by atoms with Crippen LogP contribution in [0.5, 0.6) is 0 Å². The highest BCUT2D eigenvalue weighted by Gasteiger charge is 2.41. The van der Waals surface area contributed by atoms with E-state index < -0.39 is 0 Å². The number of nitrogens with zero attached hydrogens (tertiary/aromatic N) is 4. The van der Waals surface area contributed by atoms with Crippen LogP contribution < -0.4 is 0 Å². The van der Waals surface area contributed by atoms with Gasteiger partial charge in [0.15, 0.2) is 0 Å². The lowest BCUT2D eigenvalue weighted by Crippen LogP contribution is -2.47. The van der Waals surface area contributed by atoms with Crippen LogP contribution in [0.3, 0.4) is 0 Å². The molecule has 0 bridgehead atoms. The fourth-order valence-corrected chi connectivity index (χ4v) is 5.28. The lowest BCUT2D eigenvalue weighted by Gasteiger charge is -2.42. The number of hydrogen-bond donors (Lipinski definition) is 0. The van der Waals surface area contributed by atoms with E-state index in [1.807, 2.05) is 6.20 Å². The van der Waals surface area contributed by atoms with Gasteiger partial charge < -0.3 is 9.47 Å². The summed E-state index contributed by atoms with van der Waals surface area (Å²) >= 11 is 0. The summed E-state index contributed by atoms with van der Waals surface area (Å²) in [5, 5.41) is 0. The van der Waals surface area contributed by atoms with Crippen LogP contribution in [0.15, 0.2) is 36.7 Å². The molecule has 0 amide bonds. The second kappa shape index (κ2) is 7.64. The van der Waals surface area contributed by atoms with E-state index in [-0.39, 0.29) is 0 Å². The predicted octanol–water partition coefficient (Wildman–Crippen LogP) is 4.51. The molecule has 2 aromatic rings. The van der Waals surface area contributed by atoms with Gasteiger partial charge in [-0.25, -0.2) is 4.98 Å². The molecule has 1 spiro atoms. The van der Waals surface area contributed by atoms with Crippen molar-refractivity contribution in [1.29, 1.82) is 0 Å². The fraction of sp³-hybridized carbons (Fsp3) is 0.625. The van der Waals surface area contributed by atoms with E-state index in [1.165, 1.54) is 63.2 Å². The Morgan fingerprint density at radius 2 is 1.89 bits per heavy atom. The van der Waals surface area contributed by atoms with Crippen molar-refractivity contribution in [2.75, 3.05) is 32.7 Å². The van der Waals surface area contributed by atoms with E-state index in [0.717, 1.165) is 12.4 Å². The number of imidazole rings is 1. The molecular weight excluding hydrogens is 344 g/mol. The summed E-state index contributed by atoms with van der Waals surface area (Å²) in [7, 11) is 0. The topological polar surface area (TPSA) is 24.3 Å².